The second-order valence-corrected chi connectivity index (χ2v) is 4.48. The molecule has 4 heteroatoms. The number of ether oxygens (including phenoxy) is 1. The minimum absolute atomic E-state index is 0.260. The summed E-state index contributed by atoms with van der Waals surface area (Å²) < 4.78 is 10.5. The van der Waals surface area contributed by atoms with Crippen LogP contribution in [-0.4, -0.2) is 44.8 Å². The number of nitrogens with one attached hydrogen (secondary N) is 1. The number of hydrogen-bond acceptors (Lipinski definition) is 4. The number of nitrogens with zero attached hydrogens (tertiary/aromatic N) is 1. The van der Waals surface area contributed by atoms with Gasteiger partial charge in [-0.05, 0) is 33.0 Å². The molecule has 1 aromatic rings. The molecule has 0 fully saturated rings. The van der Waals surface area contributed by atoms with E-state index in [1.54, 1.807) is 13.4 Å². The van der Waals surface area contributed by atoms with Gasteiger partial charge in [-0.3, -0.25) is 0 Å². The minimum Gasteiger partial charge on any atom is -0.468 e. The Kier molecular flexibility index (Phi) is 6.26. The summed E-state index contributed by atoms with van der Waals surface area (Å²) in [6, 6.07) is 4.62. The van der Waals surface area contributed by atoms with Crippen LogP contribution >= 0.6 is 0 Å². The van der Waals surface area contributed by atoms with Crippen molar-refractivity contribution in [1.82, 2.24) is 10.2 Å². The lowest BCUT2D eigenvalue weighted by Gasteiger charge is -2.24. The van der Waals surface area contributed by atoms with Crippen LogP contribution in [0.3, 0.4) is 0 Å². The molecule has 0 radical (unpaired) electrons. The van der Waals surface area contributed by atoms with E-state index in [0.717, 1.165) is 25.5 Å². The molecule has 2 unspecified atom stereocenters. The lowest BCUT2D eigenvalue weighted by molar-refractivity contribution is 0.115. The maximum absolute atomic E-state index is 5.34. The molecule has 0 aliphatic carbocycles. The van der Waals surface area contributed by atoms with E-state index < -0.39 is 0 Å². The summed E-state index contributed by atoms with van der Waals surface area (Å²) in [5.41, 5.74) is 0. The lowest BCUT2D eigenvalue weighted by atomic mass is 10.2. The van der Waals surface area contributed by atoms with Crippen LogP contribution in [0.2, 0.25) is 0 Å². The molecule has 1 N–H and O–H groups in total. The number of furan rings is 1. The molecule has 0 amide bonds. The van der Waals surface area contributed by atoms with Gasteiger partial charge in [0, 0.05) is 26.2 Å². The van der Waals surface area contributed by atoms with E-state index in [0.29, 0.717) is 6.04 Å². The first-order valence-corrected chi connectivity index (χ1v) is 6.11. The largest absolute Gasteiger partial charge is 0.468 e. The van der Waals surface area contributed by atoms with Crippen LogP contribution in [0.25, 0.3) is 0 Å². The Hall–Kier alpha value is -0.840. The maximum Gasteiger partial charge on any atom is 0.120 e. The molecule has 1 rings (SSSR count). The van der Waals surface area contributed by atoms with E-state index in [1.165, 1.54) is 0 Å². The van der Waals surface area contributed by atoms with Gasteiger partial charge in [-0.1, -0.05) is 0 Å². The highest BCUT2D eigenvalue weighted by atomic mass is 16.5. The standard InChI is InChI=1S/C13H24N2O2/c1-11(10-16-4)15(3)8-7-14-12(2)13-6-5-9-17-13/h5-6,9,11-12,14H,7-8,10H2,1-4H3. The SMILES string of the molecule is COCC(C)N(C)CCNC(C)c1ccco1. The van der Waals surface area contributed by atoms with E-state index in [1.807, 2.05) is 12.1 Å². The maximum atomic E-state index is 5.34. The first kappa shape index (κ1) is 14.2. The van der Waals surface area contributed by atoms with Gasteiger partial charge in [0.05, 0.1) is 18.9 Å². The van der Waals surface area contributed by atoms with Gasteiger partial charge in [0.25, 0.3) is 0 Å². The normalized spacial score (nSPS) is 15.1. The summed E-state index contributed by atoms with van der Waals surface area (Å²) >= 11 is 0. The Balaban J connectivity index is 2.19. The van der Waals surface area contributed by atoms with Crippen molar-refractivity contribution in [3.05, 3.63) is 24.2 Å². The van der Waals surface area contributed by atoms with E-state index >= 15 is 0 Å². The topological polar surface area (TPSA) is 37.6 Å². The monoisotopic (exact) mass is 240 g/mol. The fourth-order valence-electron chi connectivity index (χ4n) is 1.68. The Labute approximate surface area is 104 Å². The fraction of sp³-hybridized carbons (Fsp3) is 0.692. The van der Waals surface area contributed by atoms with Crippen molar-refractivity contribution in [2.24, 2.45) is 0 Å². The predicted molar refractivity (Wildman–Crippen MR) is 69.1 cm³/mol. The summed E-state index contributed by atoms with van der Waals surface area (Å²) in [6.07, 6.45) is 1.71. The van der Waals surface area contributed by atoms with Gasteiger partial charge < -0.3 is 19.4 Å². The van der Waals surface area contributed by atoms with Crippen LogP contribution in [-0.2, 0) is 4.74 Å². The van der Waals surface area contributed by atoms with Crippen LogP contribution in [0.15, 0.2) is 22.8 Å². The molecular formula is C13H24N2O2. The highest BCUT2D eigenvalue weighted by Gasteiger charge is 2.10. The third-order valence-electron chi connectivity index (χ3n) is 3.05. The van der Waals surface area contributed by atoms with Crippen LogP contribution in [0.1, 0.15) is 25.6 Å². The van der Waals surface area contributed by atoms with Gasteiger partial charge in [0.15, 0.2) is 0 Å². The van der Waals surface area contributed by atoms with Crippen molar-refractivity contribution >= 4 is 0 Å². The molecule has 2 atom stereocenters. The van der Waals surface area contributed by atoms with Gasteiger partial charge in [0.1, 0.15) is 5.76 Å². The molecular weight excluding hydrogens is 216 g/mol. The third-order valence-corrected chi connectivity index (χ3v) is 3.05. The van der Waals surface area contributed by atoms with Gasteiger partial charge in [-0.25, -0.2) is 0 Å². The van der Waals surface area contributed by atoms with Gasteiger partial charge >= 0.3 is 0 Å². The molecule has 0 aliphatic heterocycles. The van der Waals surface area contributed by atoms with E-state index in [4.69, 9.17) is 9.15 Å². The van der Waals surface area contributed by atoms with Crippen molar-refractivity contribution in [3.8, 4) is 0 Å². The highest BCUT2D eigenvalue weighted by molar-refractivity contribution is 5.02. The van der Waals surface area contributed by atoms with Crippen LogP contribution in [0.5, 0.6) is 0 Å². The zero-order chi connectivity index (χ0) is 12.7. The Morgan fingerprint density at radius 1 is 1.47 bits per heavy atom. The van der Waals surface area contributed by atoms with Crippen LogP contribution in [0, 0.1) is 0 Å². The molecule has 98 valence electrons. The molecule has 17 heavy (non-hydrogen) atoms. The van der Waals surface area contributed by atoms with Crippen LogP contribution < -0.4 is 5.32 Å². The Morgan fingerprint density at radius 2 is 2.24 bits per heavy atom. The summed E-state index contributed by atoms with van der Waals surface area (Å²) in [4.78, 5) is 2.28. The molecule has 4 nitrogen and oxygen atoms in total. The van der Waals surface area contributed by atoms with E-state index in [-0.39, 0.29) is 6.04 Å². The summed E-state index contributed by atoms with van der Waals surface area (Å²) in [5.74, 6) is 0.984. The minimum atomic E-state index is 0.260. The quantitative estimate of drug-likeness (QED) is 0.753. The van der Waals surface area contributed by atoms with Crippen LogP contribution in [0.4, 0.5) is 0 Å². The van der Waals surface area contributed by atoms with E-state index in [9.17, 15) is 0 Å². The zero-order valence-electron chi connectivity index (χ0n) is 11.3. The second-order valence-electron chi connectivity index (χ2n) is 4.48. The van der Waals surface area contributed by atoms with E-state index in [2.05, 4.69) is 31.1 Å². The van der Waals surface area contributed by atoms with Gasteiger partial charge in [-0.2, -0.15) is 0 Å². The molecule has 0 saturated carbocycles. The fourth-order valence-corrected chi connectivity index (χ4v) is 1.68. The van der Waals surface area contributed by atoms with Crippen molar-refractivity contribution in [2.45, 2.75) is 25.9 Å². The molecule has 0 aliphatic rings. The third kappa shape index (κ3) is 4.89. The Morgan fingerprint density at radius 3 is 2.82 bits per heavy atom. The highest BCUT2D eigenvalue weighted by Crippen LogP contribution is 2.11. The van der Waals surface area contributed by atoms with Crippen molar-refractivity contribution in [3.63, 3.8) is 0 Å². The van der Waals surface area contributed by atoms with Crippen molar-refractivity contribution in [1.29, 1.82) is 0 Å². The summed E-state index contributed by atoms with van der Waals surface area (Å²) in [6.45, 7) is 6.98. The number of hydrogen-bond donors (Lipinski definition) is 1. The smallest absolute Gasteiger partial charge is 0.120 e. The second kappa shape index (κ2) is 7.48. The molecule has 0 aromatic carbocycles. The zero-order valence-corrected chi connectivity index (χ0v) is 11.3. The van der Waals surface area contributed by atoms with Gasteiger partial charge in [-0.15, -0.1) is 0 Å². The average molecular weight is 240 g/mol. The molecule has 1 heterocycles. The Bertz CT molecular complexity index is 288. The van der Waals surface area contributed by atoms with Crippen molar-refractivity contribution < 1.29 is 9.15 Å². The molecule has 0 spiro atoms. The lowest BCUT2D eigenvalue weighted by Crippen LogP contribution is -2.38. The summed E-state index contributed by atoms with van der Waals surface area (Å²) in [7, 11) is 3.85. The molecule has 1 aromatic heterocycles. The first-order valence-electron chi connectivity index (χ1n) is 6.11. The molecule has 0 saturated heterocycles. The first-order chi connectivity index (χ1) is 8.15. The number of likely N-dealkylation sites (N-methyl/N-ethyl adjacent to an activating group) is 1. The average Bonchev–Trinajstić information content (AvgIpc) is 2.82. The van der Waals surface area contributed by atoms with Crippen molar-refractivity contribution in [2.75, 3.05) is 33.9 Å². The predicted octanol–water partition coefficient (Wildman–Crippen LogP) is 1.90. The summed E-state index contributed by atoms with van der Waals surface area (Å²) in [5, 5.41) is 3.44. The molecule has 0 bridgehead atoms. The van der Waals surface area contributed by atoms with Gasteiger partial charge in [0.2, 0.25) is 0 Å². The number of methoxy groups -OCH3 is 1. The number of rotatable bonds is 8.